The second kappa shape index (κ2) is 13.6. The first kappa shape index (κ1) is 27.1. The largest absolute Gasteiger partial charge is 0.504 e. The third-order valence-electron chi connectivity index (χ3n) is 5.42. The van der Waals surface area contributed by atoms with Gasteiger partial charge in [-0.1, -0.05) is 32.8 Å². The van der Waals surface area contributed by atoms with Crippen molar-refractivity contribution >= 4 is 35.4 Å². The number of para-hydroxylation sites is 1. The van der Waals surface area contributed by atoms with Gasteiger partial charge in [0.25, 0.3) is 5.69 Å². The van der Waals surface area contributed by atoms with E-state index < -0.39 is 4.92 Å². The van der Waals surface area contributed by atoms with Crippen LogP contribution >= 0.6 is 0 Å². The summed E-state index contributed by atoms with van der Waals surface area (Å²) >= 11 is 0. The molecular formula is C25H32N8O4. The molecule has 0 aliphatic carbocycles. The summed E-state index contributed by atoms with van der Waals surface area (Å²) in [4.78, 5) is 26.2. The van der Waals surface area contributed by atoms with Crippen molar-refractivity contribution < 1.29 is 14.8 Å². The van der Waals surface area contributed by atoms with Gasteiger partial charge in [-0.15, -0.1) is 0 Å². The third kappa shape index (κ3) is 7.75. The highest BCUT2D eigenvalue weighted by Gasteiger charge is 2.14. The van der Waals surface area contributed by atoms with Crippen LogP contribution in [-0.4, -0.2) is 51.4 Å². The molecule has 0 saturated carbocycles. The maximum atomic E-state index is 11.0. The van der Waals surface area contributed by atoms with Crippen LogP contribution in [0.3, 0.4) is 0 Å². The zero-order chi connectivity index (χ0) is 26.6. The maximum absolute atomic E-state index is 11.0. The normalized spacial score (nSPS) is 10.9. The number of nitrogens with zero attached hydrogens (tertiary/aromatic N) is 6. The number of methoxy groups -OCH3 is 1. The highest BCUT2D eigenvalue weighted by atomic mass is 16.6. The van der Waals surface area contributed by atoms with E-state index in [1.807, 2.05) is 0 Å². The van der Waals surface area contributed by atoms with E-state index in [4.69, 9.17) is 4.74 Å². The van der Waals surface area contributed by atoms with Gasteiger partial charge in [-0.2, -0.15) is 20.1 Å². The second-order valence-electron chi connectivity index (χ2n) is 8.17. The van der Waals surface area contributed by atoms with Crippen LogP contribution < -0.4 is 20.4 Å². The Bertz CT molecular complexity index is 1200. The van der Waals surface area contributed by atoms with Gasteiger partial charge < -0.3 is 20.1 Å². The zero-order valence-electron chi connectivity index (χ0n) is 21.2. The van der Waals surface area contributed by atoms with Gasteiger partial charge in [-0.05, 0) is 37.1 Å². The number of hydrogen-bond donors (Lipinski definition) is 3. The van der Waals surface area contributed by atoms with Gasteiger partial charge in [-0.3, -0.25) is 10.1 Å². The number of benzene rings is 2. The molecule has 0 bridgehead atoms. The van der Waals surface area contributed by atoms with Crippen LogP contribution in [0.25, 0.3) is 0 Å². The number of aromatic nitrogens is 3. The van der Waals surface area contributed by atoms with E-state index in [1.54, 1.807) is 30.3 Å². The number of rotatable bonds is 14. The lowest BCUT2D eigenvalue weighted by atomic mass is 10.2. The number of unbranched alkanes of at least 4 members (excludes halogenated alkanes) is 2. The average molecular weight is 509 g/mol. The van der Waals surface area contributed by atoms with Crippen molar-refractivity contribution in [2.24, 2.45) is 5.10 Å². The number of phenols is 1. The van der Waals surface area contributed by atoms with Crippen LogP contribution in [0.4, 0.5) is 29.2 Å². The van der Waals surface area contributed by atoms with Gasteiger partial charge in [0.15, 0.2) is 11.5 Å². The van der Waals surface area contributed by atoms with Crippen molar-refractivity contribution in [3.8, 4) is 11.5 Å². The summed E-state index contributed by atoms with van der Waals surface area (Å²) in [6.07, 6.45) is 5.46. The first-order chi connectivity index (χ1) is 17.9. The maximum Gasteiger partial charge on any atom is 0.269 e. The minimum Gasteiger partial charge on any atom is -0.504 e. The summed E-state index contributed by atoms with van der Waals surface area (Å²) in [5.74, 6) is 1.26. The summed E-state index contributed by atoms with van der Waals surface area (Å²) in [5.41, 5.74) is 3.85. The number of anilines is 4. The summed E-state index contributed by atoms with van der Waals surface area (Å²) in [6, 6.07) is 11.1. The predicted octanol–water partition coefficient (Wildman–Crippen LogP) is 5.09. The molecule has 0 unspecified atom stereocenters. The molecule has 0 spiro atoms. The highest BCUT2D eigenvalue weighted by molar-refractivity contribution is 5.85. The van der Waals surface area contributed by atoms with Crippen LogP contribution in [0.2, 0.25) is 0 Å². The number of hydrogen-bond acceptors (Lipinski definition) is 11. The number of hydrazone groups is 1. The Hall–Kier alpha value is -4.48. The molecule has 2 aromatic carbocycles. The molecule has 12 nitrogen and oxygen atoms in total. The van der Waals surface area contributed by atoms with Crippen LogP contribution in [0.15, 0.2) is 47.6 Å². The van der Waals surface area contributed by atoms with E-state index in [9.17, 15) is 15.2 Å². The van der Waals surface area contributed by atoms with E-state index in [0.29, 0.717) is 22.9 Å². The molecule has 1 aromatic heterocycles. The second-order valence-corrected chi connectivity index (χ2v) is 8.17. The average Bonchev–Trinajstić information content (AvgIpc) is 2.90. The third-order valence-corrected chi connectivity index (χ3v) is 5.42. The summed E-state index contributed by atoms with van der Waals surface area (Å²) in [6.45, 7) is 5.83. The molecule has 0 aliphatic heterocycles. The molecule has 0 atom stereocenters. The molecule has 0 saturated heterocycles. The fraction of sp³-hybridized carbons (Fsp3) is 0.360. The lowest BCUT2D eigenvalue weighted by molar-refractivity contribution is -0.384. The number of phenolic OH excluding ortho intramolecular Hbond substituents is 1. The summed E-state index contributed by atoms with van der Waals surface area (Å²) < 4.78 is 5.13. The van der Waals surface area contributed by atoms with Gasteiger partial charge in [0, 0.05) is 36.5 Å². The quantitative estimate of drug-likeness (QED) is 0.152. The molecule has 0 radical (unpaired) electrons. The van der Waals surface area contributed by atoms with Crippen molar-refractivity contribution in [1.29, 1.82) is 0 Å². The number of nitro groups is 1. The minimum atomic E-state index is -0.454. The van der Waals surface area contributed by atoms with E-state index in [0.717, 1.165) is 38.8 Å². The molecule has 196 valence electrons. The molecule has 0 fully saturated rings. The smallest absolute Gasteiger partial charge is 0.269 e. The Labute approximate surface area is 215 Å². The van der Waals surface area contributed by atoms with Crippen LogP contribution in [0.5, 0.6) is 11.5 Å². The van der Waals surface area contributed by atoms with E-state index in [1.165, 1.54) is 25.5 Å². The Morgan fingerprint density at radius 1 is 1.05 bits per heavy atom. The lowest BCUT2D eigenvalue weighted by Crippen LogP contribution is -2.28. The van der Waals surface area contributed by atoms with Gasteiger partial charge in [-0.25, -0.2) is 5.43 Å². The first-order valence-corrected chi connectivity index (χ1v) is 12.1. The Morgan fingerprint density at radius 3 is 2.35 bits per heavy atom. The van der Waals surface area contributed by atoms with Crippen LogP contribution in [0.1, 0.15) is 45.1 Å². The Morgan fingerprint density at radius 2 is 1.73 bits per heavy atom. The first-order valence-electron chi connectivity index (χ1n) is 12.1. The van der Waals surface area contributed by atoms with Crippen LogP contribution in [0, 0.1) is 10.1 Å². The number of nitrogens with one attached hydrogen (secondary N) is 2. The van der Waals surface area contributed by atoms with Crippen molar-refractivity contribution in [2.75, 3.05) is 35.8 Å². The van der Waals surface area contributed by atoms with Gasteiger partial charge in [0.1, 0.15) is 0 Å². The number of ether oxygens (including phenoxy) is 1. The molecule has 37 heavy (non-hydrogen) atoms. The lowest BCUT2D eigenvalue weighted by Gasteiger charge is -2.23. The van der Waals surface area contributed by atoms with Gasteiger partial charge in [0.2, 0.25) is 17.8 Å². The molecule has 3 N–H and O–H groups in total. The Balaban J connectivity index is 1.90. The SMILES string of the molecule is CCCCN(CCCC)c1nc(NN=Cc2cccc(OC)c2O)nc(Nc2ccc([N+](=O)[O-])cc2)n1. The molecule has 3 rings (SSSR count). The molecule has 1 heterocycles. The van der Waals surface area contributed by atoms with Gasteiger partial charge >= 0.3 is 0 Å². The predicted molar refractivity (Wildman–Crippen MR) is 144 cm³/mol. The number of aromatic hydroxyl groups is 1. The zero-order valence-corrected chi connectivity index (χ0v) is 21.2. The summed E-state index contributed by atoms with van der Waals surface area (Å²) in [7, 11) is 1.48. The molecule has 12 heteroatoms. The van der Waals surface area contributed by atoms with Crippen molar-refractivity contribution in [3.63, 3.8) is 0 Å². The number of nitro benzene ring substituents is 1. The fourth-order valence-corrected chi connectivity index (χ4v) is 3.39. The molecule has 3 aromatic rings. The fourth-order valence-electron chi connectivity index (χ4n) is 3.39. The van der Waals surface area contributed by atoms with E-state index in [-0.39, 0.29) is 23.3 Å². The highest BCUT2D eigenvalue weighted by Crippen LogP contribution is 2.28. The minimum absolute atomic E-state index is 0.00956. The number of non-ortho nitro benzene ring substituents is 1. The monoisotopic (exact) mass is 508 g/mol. The van der Waals surface area contributed by atoms with Crippen molar-refractivity contribution in [1.82, 2.24) is 15.0 Å². The standard InChI is InChI=1S/C25H32N8O4/c1-4-6-15-32(16-7-5-2)25-29-23(27-19-11-13-20(14-12-19)33(35)36)28-24(30-25)31-26-17-18-9-8-10-21(37-3)22(18)34/h8-14,17,34H,4-7,15-16H2,1-3H3,(H2,27,28,29,30,31). The summed E-state index contributed by atoms with van der Waals surface area (Å²) in [5, 5.41) is 28.5. The molecule has 0 aliphatic rings. The van der Waals surface area contributed by atoms with E-state index in [2.05, 4.69) is 49.5 Å². The molecular weight excluding hydrogens is 476 g/mol. The van der Waals surface area contributed by atoms with Crippen molar-refractivity contribution in [2.45, 2.75) is 39.5 Å². The Kier molecular flexibility index (Phi) is 9.94. The topological polar surface area (TPSA) is 151 Å². The van der Waals surface area contributed by atoms with E-state index >= 15 is 0 Å². The molecule has 0 amide bonds. The van der Waals surface area contributed by atoms with Crippen LogP contribution in [-0.2, 0) is 0 Å². The van der Waals surface area contributed by atoms with Crippen molar-refractivity contribution in [3.05, 3.63) is 58.1 Å². The van der Waals surface area contributed by atoms with Gasteiger partial charge in [0.05, 0.1) is 18.2 Å².